The number of alkyl halides is 3. The van der Waals surface area contributed by atoms with Gasteiger partial charge >= 0.3 is 12.3 Å². The van der Waals surface area contributed by atoms with Crippen molar-refractivity contribution in [3.63, 3.8) is 0 Å². The van der Waals surface area contributed by atoms with Crippen molar-refractivity contribution < 1.29 is 36.6 Å². The Morgan fingerprint density at radius 3 is 2.37 bits per heavy atom. The van der Waals surface area contributed by atoms with Crippen molar-refractivity contribution in [3.8, 4) is 0 Å². The van der Waals surface area contributed by atoms with E-state index in [4.69, 9.17) is 0 Å². The maximum absolute atomic E-state index is 13.1. The van der Waals surface area contributed by atoms with Crippen LogP contribution in [0.4, 0.5) is 13.2 Å². The number of aromatic nitrogens is 1. The summed E-state index contributed by atoms with van der Waals surface area (Å²) in [6.07, 6.45) is -5.14. The summed E-state index contributed by atoms with van der Waals surface area (Å²) < 4.78 is 65.0. The van der Waals surface area contributed by atoms with Gasteiger partial charge in [-0.05, 0) is 60.4 Å². The lowest BCUT2D eigenvalue weighted by Gasteiger charge is -2.20. The number of sulfonamides is 1. The Balaban J connectivity index is 1.54. The Labute approximate surface area is 235 Å². The van der Waals surface area contributed by atoms with Crippen LogP contribution in [0.1, 0.15) is 40.2 Å². The van der Waals surface area contributed by atoms with E-state index in [2.05, 4.69) is 5.32 Å². The molecule has 41 heavy (non-hydrogen) atoms. The molecule has 8 nitrogen and oxygen atoms in total. The van der Waals surface area contributed by atoms with E-state index in [1.54, 1.807) is 6.07 Å². The zero-order chi connectivity index (χ0) is 29.9. The molecule has 2 atom stereocenters. The first kappa shape index (κ1) is 30.3. The number of nitrogens with one attached hydrogen (secondary N) is 1. The molecular formula is C29H30F3N3O5S. The molecule has 0 spiro atoms. The molecule has 0 fully saturated rings. The largest absolute Gasteiger partial charge is 0.477 e. The van der Waals surface area contributed by atoms with Gasteiger partial charge in [-0.2, -0.15) is 13.2 Å². The van der Waals surface area contributed by atoms with E-state index in [0.29, 0.717) is 36.5 Å². The van der Waals surface area contributed by atoms with E-state index in [0.717, 1.165) is 23.3 Å². The third-order valence-corrected chi connectivity index (χ3v) is 8.60. The minimum Gasteiger partial charge on any atom is -0.477 e. The van der Waals surface area contributed by atoms with Gasteiger partial charge in [0.15, 0.2) is 0 Å². The van der Waals surface area contributed by atoms with Crippen molar-refractivity contribution in [2.45, 2.75) is 43.2 Å². The number of aromatic carboxylic acids is 1. The van der Waals surface area contributed by atoms with Crippen LogP contribution >= 0.6 is 0 Å². The van der Waals surface area contributed by atoms with Crippen LogP contribution in [0.15, 0.2) is 83.8 Å². The first-order chi connectivity index (χ1) is 19.3. The molecule has 4 aromatic rings. The third-order valence-electron chi connectivity index (χ3n) is 6.83. The van der Waals surface area contributed by atoms with Gasteiger partial charge < -0.3 is 20.1 Å². The van der Waals surface area contributed by atoms with Gasteiger partial charge in [-0.3, -0.25) is 0 Å². The molecule has 0 aliphatic carbocycles. The molecule has 0 aliphatic rings. The molecule has 0 aliphatic heterocycles. The van der Waals surface area contributed by atoms with E-state index in [1.165, 1.54) is 22.8 Å². The molecule has 12 heteroatoms. The van der Waals surface area contributed by atoms with E-state index in [9.17, 15) is 36.6 Å². The average Bonchev–Trinajstić information content (AvgIpc) is 3.29. The Kier molecular flexibility index (Phi) is 8.88. The second-order valence-electron chi connectivity index (χ2n) is 9.84. The lowest BCUT2D eigenvalue weighted by molar-refractivity contribution is -0.202. The fourth-order valence-electron chi connectivity index (χ4n) is 4.61. The fourth-order valence-corrected chi connectivity index (χ4v) is 5.75. The van der Waals surface area contributed by atoms with Gasteiger partial charge in [-0.1, -0.05) is 48.5 Å². The predicted octanol–water partition coefficient (Wildman–Crippen LogP) is 4.78. The van der Waals surface area contributed by atoms with E-state index in [-0.39, 0.29) is 18.3 Å². The van der Waals surface area contributed by atoms with Gasteiger partial charge in [-0.25, -0.2) is 13.2 Å². The Morgan fingerprint density at radius 2 is 1.71 bits per heavy atom. The summed E-state index contributed by atoms with van der Waals surface area (Å²) in [5, 5.41) is 24.2. The van der Waals surface area contributed by atoms with Crippen LogP contribution in [0.5, 0.6) is 0 Å². The number of hydrogen-bond acceptors (Lipinski definition) is 5. The fraction of sp³-hybridized carbons (Fsp3) is 0.276. The molecule has 3 aromatic carbocycles. The van der Waals surface area contributed by atoms with Gasteiger partial charge in [0.2, 0.25) is 10.0 Å². The SMILES string of the molecule is CC(Cc1ccc2c(c1)cc(C(=O)O)n2Cc1cccc(S(=O)(=O)N(C)C(F)(F)F)c1)NCC(O)c1ccccc1. The van der Waals surface area contributed by atoms with Crippen LogP contribution in [-0.2, 0) is 23.0 Å². The monoisotopic (exact) mass is 589 g/mol. The van der Waals surface area contributed by atoms with E-state index < -0.39 is 37.6 Å². The van der Waals surface area contributed by atoms with Crippen LogP contribution in [0.3, 0.4) is 0 Å². The Morgan fingerprint density at radius 1 is 1.00 bits per heavy atom. The number of rotatable bonds is 11. The molecule has 3 N–H and O–H groups in total. The molecule has 218 valence electrons. The van der Waals surface area contributed by atoms with Crippen LogP contribution < -0.4 is 5.32 Å². The number of halogens is 3. The molecule has 4 rings (SSSR count). The number of carbonyl (C=O) groups is 1. The number of carboxylic acid groups (broad SMARTS) is 1. The van der Waals surface area contributed by atoms with Gasteiger partial charge in [0, 0.05) is 37.1 Å². The molecule has 1 heterocycles. The molecule has 0 amide bonds. The van der Waals surface area contributed by atoms with Gasteiger partial charge in [0.25, 0.3) is 0 Å². The molecule has 0 radical (unpaired) electrons. The topological polar surface area (TPSA) is 112 Å². The second-order valence-corrected chi connectivity index (χ2v) is 11.8. The smallest absolute Gasteiger partial charge is 0.473 e. The number of aliphatic hydroxyl groups excluding tert-OH is 1. The van der Waals surface area contributed by atoms with Gasteiger partial charge in [0.1, 0.15) is 5.69 Å². The summed E-state index contributed by atoms with van der Waals surface area (Å²) >= 11 is 0. The normalized spacial score (nSPS) is 13.9. The highest BCUT2D eigenvalue weighted by atomic mass is 32.2. The highest BCUT2D eigenvalue weighted by molar-refractivity contribution is 7.89. The molecule has 1 aromatic heterocycles. The number of nitrogens with zero attached hydrogens (tertiary/aromatic N) is 2. The minimum absolute atomic E-state index is 0.00589. The highest BCUT2D eigenvalue weighted by Gasteiger charge is 2.43. The lowest BCUT2D eigenvalue weighted by atomic mass is 10.0. The number of fused-ring (bicyclic) bond motifs is 1. The summed E-state index contributed by atoms with van der Waals surface area (Å²) in [6.45, 7) is 2.27. The molecular weight excluding hydrogens is 559 g/mol. The number of carboxylic acids is 1. The highest BCUT2D eigenvalue weighted by Crippen LogP contribution is 2.28. The first-order valence-corrected chi connectivity index (χ1v) is 14.2. The molecule has 0 bridgehead atoms. The summed E-state index contributed by atoms with van der Waals surface area (Å²) in [5.74, 6) is -1.20. The molecule has 2 unspecified atom stereocenters. The van der Waals surface area contributed by atoms with Crippen molar-refractivity contribution in [1.82, 2.24) is 14.2 Å². The minimum atomic E-state index is -5.09. The maximum Gasteiger partial charge on any atom is 0.473 e. The maximum atomic E-state index is 13.1. The number of aliphatic hydroxyl groups is 1. The van der Waals surface area contributed by atoms with Gasteiger partial charge in [-0.15, -0.1) is 4.31 Å². The van der Waals surface area contributed by atoms with Crippen molar-refractivity contribution in [1.29, 1.82) is 0 Å². The van der Waals surface area contributed by atoms with Crippen LogP contribution in [0, 0.1) is 0 Å². The third kappa shape index (κ3) is 6.96. The summed E-state index contributed by atoms with van der Waals surface area (Å²) in [5.41, 5.74) is 2.60. The van der Waals surface area contributed by atoms with Crippen LogP contribution in [-0.4, -0.2) is 59.4 Å². The standard InChI is InChI=1S/C29H30F3N3O5S/c1-19(33-17-27(36)22-8-4-3-5-9-22)13-20-11-12-25-23(14-20)16-26(28(37)38)35(25)18-21-7-6-10-24(15-21)41(39,40)34(2)29(30,31)32/h3-12,14-16,19,27,33,36H,13,17-18H2,1-2H3,(H,37,38). The van der Waals surface area contributed by atoms with E-state index >= 15 is 0 Å². The Bertz CT molecular complexity index is 1640. The number of benzene rings is 3. The zero-order valence-corrected chi connectivity index (χ0v) is 23.2. The van der Waals surface area contributed by atoms with Crippen molar-refractivity contribution >= 4 is 26.9 Å². The predicted molar refractivity (Wildman–Crippen MR) is 148 cm³/mol. The van der Waals surface area contributed by atoms with Crippen molar-refractivity contribution in [2.75, 3.05) is 13.6 Å². The lowest BCUT2D eigenvalue weighted by Crippen LogP contribution is -2.39. The molecule has 0 saturated heterocycles. The number of hydrogen-bond donors (Lipinski definition) is 3. The average molecular weight is 590 g/mol. The summed E-state index contributed by atoms with van der Waals surface area (Å²) in [7, 11) is -4.42. The Hall–Kier alpha value is -3.71. The summed E-state index contributed by atoms with van der Waals surface area (Å²) in [4.78, 5) is 11.5. The van der Waals surface area contributed by atoms with E-state index in [1.807, 2.05) is 49.4 Å². The van der Waals surface area contributed by atoms with Gasteiger partial charge in [0.05, 0.1) is 11.0 Å². The first-order valence-electron chi connectivity index (χ1n) is 12.7. The summed E-state index contributed by atoms with van der Waals surface area (Å²) in [6, 6.07) is 21.3. The van der Waals surface area contributed by atoms with Crippen LogP contribution in [0.25, 0.3) is 10.9 Å². The second kappa shape index (κ2) is 12.0. The van der Waals surface area contributed by atoms with Crippen LogP contribution in [0.2, 0.25) is 0 Å². The molecule has 0 saturated carbocycles. The zero-order valence-electron chi connectivity index (χ0n) is 22.3. The van der Waals surface area contributed by atoms with Crippen molar-refractivity contribution in [3.05, 3.63) is 101 Å². The van der Waals surface area contributed by atoms with Crippen molar-refractivity contribution in [2.24, 2.45) is 0 Å². The quantitative estimate of drug-likeness (QED) is 0.217.